The summed E-state index contributed by atoms with van der Waals surface area (Å²) in [5, 5.41) is 15.1. The summed E-state index contributed by atoms with van der Waals surface area (Å²) >= 11 is 0. The molecule has 0 heterocycles. The highest BCUT2D eigenvalue weighted by atomic mass is 31.2. The number of carbonyl (C=O) groups is 2. The lowest BCUT2D eigenvalue weighted by atomic mass is 9.87. The lowest BCUT2D eigenvalue weighted by Gasteiger charge is -2.29. The maximum atomic E-state index is 11.8. The Morgan fingerprint density at radius 1 is 1.33 bits per heavy atom. The van der Waals surface area contributed by atoms with Crippen LogP contribution in [0.5, 0.6) is 0 Å². The number of nitrogens with one attached hydrogen (secondary N) is 2. The van der Waals surface area contributed by atoms with Gasteiger partial charge in [-0.2, -0.15) is 0 Å². The lowest BCUT2D eigenvalue weighted by molar-refractivity contribution is -0.136. The van der Waals surface area contributed by atoms with Gasteiger partial charge in [-0.1, -0.05) is 13.8 Å². The molecule has 0 saturated carbocycles. The second kappa shape index (κ2) is 10.0. The fourth-order valence-corrected chi connectivity index (χ4v) is 1.94. The highest BCUT2D eigenvalue weighted by Crippen LogP contribution is 2.35. The average molecular weight is 324 g/mol. The van der Waals surface area contributed by atoms with Gasteiger partial charge in [0.15, 0.2) is 0 Å². The zero-order valence-corrected chi connectivity index (χ0v) is 13.8. The molecule has 0 bridgehead atoms. The minimum absolute atomic E-state index is 0.0477. The van der Waals surface area contributed by atoms with E-state index >= 15 is 0 Å². The Hall–Kier alpha value is -0.790. The molecule has 8 nitrogen and oxygen atoms in total. The third kappa shape index (κ3) is 8.28. The molecule has 0 saturated heterocycles. The predicted molar refractivity (Wildman–Crippen MR) is 78.2 cm³/mol. The summed E-state index contributed by atoms with van der Waals surface area (Å²) in [6, 6.07) is 0. The zero-order chi connectivity index (χ0) is 16.5. The van der Waals surface area contributed by atoms with Crippen molar-refractivity contribution in [3.63, 3.8) is 0 Å². The van der Waals surface area contributed by atoms with Gasteiger partial charge in [0.05, 0.1) is 6.61 Å². The fourth-order valence-electron chi connectivity index (χ4n) is 1.39. The Morgan fingerprint density at radius 2 is 1.95 bits per heavy atom. The molecule has 0 rings (SSSR count). The van der Waals surface area contributed by atoms with Gasteiger partial charge in [0.2, 0.25) is 11.8 Å². The molecule has 9 heteroatoms. The van der Waals surface area contributed by atoms with Crippen molar-refractivity contribution < 1.29 is 28.6 Å². The number of hydrogen-bond donors (Lipinski definition) is 4. The highest BCUT2D eigenvalue weighted by molar-refractivity contribution is 7.40. The normalized spacial score (nSPS) is 14.4. The van der Waals surface area contributed by atoms with Gasteiger partial charge in [-0.05, 0) is 6.92 Å². The zero-order valence-electron chi connectivity index (χ0n) is 12.9. The van der Waals surface area contributed by atoms with E-state index in [1.165, 1.54) is 7.11 Å². The molecular formula is C12H25N2O6P. The lowest BCUT2D eigenvalue weighted by Crippen LogP contribution is -2.46. The van der Waals surface area contributed by atoms with E-state index in [2.05, 4.69) is 15.2 Å². The van der Waals surface area contributed by atoms with Crippen LogP contribution in [0.1, 0.15) is 27.2 Å². The van der Waals surface area contributed by atoms with Crippen LogP contribution in [-0.2, 0) is 18.6 Å². The van der Waals surface area contributed by atoms with Crippen molar-refractivity contribution in [1.29, 1.82) is 0 Å². The first kappa shape index (κ1) is 20.2. The highest BCUT2D eigenvalue weighted by Gasteiger charge is 2.34. The smallest absolute Gasteiger partial charge is 0.329 e. The molecule has 0 fully saturated rings. The van der Waals surface area contributed by atoms with Crippen molar-refractivity contribution in [3.05, 3.63) is 0 Å². The van der Waals surface area contributed by atoms with Crippen LogP contribution in [-0.4, -0.2) is 54.7 Å². The van der Waals surface area contributed by atoms with E-state index < -0.39 is 26.0 Å². The fraction of sp³-hybridized carbons (Fsp3) is 0.833. The first-order chi connectivity index (χ1) is 9.74. The largest absolute Gasteiger partial charge is 0.383 e. The first-order valence-electron chi connectivity index (χ1n) is 6.63. The van der Waals surface area contributed by atoms with Crippen LogP contribution in [0.25, 0.3) is 0 Å². The topological polar surface area (TPSA) is 117 Å². The average Bonchev–Trinajstić information content (AvgIpc) is 2.44. The Morgan fingerprint density at radius 3 is 2.48 bits per heavy atom. The maximum Gasteiger partial charge on any atom is 0.329 e. The Bertz CT molecular complexity index is 340. The summed E-state index contributed by atoms with van der Waals surface area (Å²) in [5.41, 5.74) is -0.905. The summed E-state index contributed by atoms with van der Waals surface area (Å²) in [6.07, 6.45) is -1.18. The molecule has 2 amide bonds. The van der Waals surface area contributed by atoms with E-state index in [0.717, 1.165) is 0 Å². The van der Waals surface area contributed by atoms with Crippen molar-refractivity contribution in [3.8, 4) is 0 Å². The molecule has 21 heavy (non-hydrogen) atoms. The maximum absolute atomic E-state index is 11.8. The van der Waals surface area contributed by atoms with Crippen LogP contribution < -0.4 is 10.6 Å². The van der Waals surface area contributed by atoms with Gasteiger partial charge in [-0.15, -0.1) is 0 Å². The Labute approximate surface area is 126 Å². The minimum atomic E-state index is -2.01. The summed E-state index contributed by atoms with van der Waals surface area (Å²) in [7, 11) is -0.712. The van der Waals surface area contributed by atoms with E-state index in [9.17, 15) is 19.6 Å². The first-order valence-corrected chi connectivity index (χ1v) is 7.76. The minimum Gasteiger partial charge on any atom is -0.383 e. The molecule has 4 N–H and O–H groups in total. The Kier molecular flexibility index (Phi) is 9.65. The van der Waals surface area contributed by atoms with E-state index in [0.29, 0.717) is 6.54 Å². The molecule has 0 aromatic carbocycles. The molecule has 124 valence electrons. The SMILES string of the molecule is CCNC(=O)CCNC(=O)C(O)C(C)(C)COP(O)OC. The monoisotopic (exact) mass is 324 g/mol. The van der Waals surface area contributed by atoms with Crippen molar-refractivity contribution in [2.45, 2.75) is 33.3 Å². The quantitative estimate of drug-likeness (QED) is 0.417. The van der Waals surface area contributed by atoms with Gasteiger partial charge in [-0.25, -0.2) is 0 Å². The number of hydrogen-bond acceptors (Lipinski definition) is 6. The Balaban J connectivity index is 4.19. The van der Waals surface area contributed by atoms with Crippen LogP contribution in [0.15, 0.2) is 0 Å². The third-order valence-electron chi connectivity index (χ3n) is 2.72. The van der Waals surface area contributed by atoms with E-state index in [4.69, 9.17) is 4.52 Å². The van der Waals surface area contributed by atoms with Crippen molar-refractivity contribution >= 4 is 20.4 Å². The molecule has 0 aliphatic heterocycles. The van der Waals surface area contributed by atoms with Gasteiger partial charge >= 0.3 is 8.60 Å². The molecule has 0 aromatic heterocycles. The van der Waals surface area contributed by atoms with Crippen molar-refractivity contribution in [2.75, 3.05) is 26.8 Å². The molecule has 2 atom stereocenters. The second-order valence-electron chi connectivity index (χ2n) is 5.08. The van der Waals surface area contributed by atoms with Crippen LogP contribution >= 0.6 is 8.60 Å². The molecule has 0 aromatic rings. The summed E-state index contributed by atoms with van der Waals surface area (Å²) in [4.78, 5) is 32.2. The third-order valence-corrected chi connectivity index (χ3v) is 3.38. The molecule has 2 unspecified atom stereocenters. The number of rotatable bonds is 10. The molecular weight excluding hydrogens is 299 g/mol. The number of aliphatic hydroxyl groups is 1. The molecule has 0 aliphatic carbocycles. The van der Waals surface area contributed by atoms with Gasteiger partial charge < -0.3 is 29.7 Å². The summed E-state index contributed by atoms with van der Waals surface area (Å²) in [5.74, 6) is -0.756. The van der Waals surface area contributed by atoms with Crippen LogP contribution in [0.2, 0.25) is 0 Å². The number of aliphatic hydroxyl groups excluding tert-OH is 1. The van der Waals surface area contributed by atoms with Crippen molar-refractivity contribution in [1.82, 2.24) is 10.6 Å². The van der Waals surface area contributed by atoms with Crippen LogP contribution in [0, 0.1) is 5.41 Å². The number of carbonyl (C=O) groups excluding carboxylic acids is 2. The van der Waals surface area contributed by atoms with E-state index in [1.807, 2.05) is 0 Å². The van der Waals surface area contributed by atoms with Crippen molar-refractivity contribution in [2.24, 2.45) is 5.41 Å². The molecule has 0 aliphatic rings. The second-order valence-corrected chi connectivity index (χ2v) is 6.18. The van der Waals surface area contributed by atoms with Gasteiger partial charge in [0.1, 0.15) is 6.10 Å². The van der Waals surface area contributed by atoms with Crippen LogP contribution in [0.4, 0.5) is 0 Å². The summed E-state index contributed by atoms with van der Waals surface area (Å²) in [6.45, 7) is 5.68. The van der Waals surface area contributed by atoms with E-state index in [1.54, 1.807) is 20.8 Å². The standard InChI is InChI=1S/C12H25N2O6P/c1-5-13-9(15)6-7-14-11(17)10(16)12(2,3)8-20-21(18)19-4/h10,16,18H,5-8H2,1-4H3,(H,13,15)(H,14,17). The molecule has 0 spiro atoms. The summed E-state index contributed by atoms with van der Waals surface area (Å²) < 4.78 is 9.57. The van der Waals surface area contributed by atoms with E-state index in [-0.39, 0.29) is 25.5 Å². The van der Waals surface area contributed by atoms with Crippen LogP contribution in [0.3, 0.4) is 0 Å². The van der Waals surface area contributed by atoms with Gasteiger partial charge in [0.25, 0.3) is 0 Å². The van der Waals surface area contributed by atoms with Gasteiger partial charge in [-0.3, -0.25) is 9.59 Å². The predicted octanol–water partition coefficient (Wildman–Crippen LogP) is -0.102. The van der Waals surface area contributed by atoms with Gasteiger partial charge in [0, 0.05) is 32.0 Å². The number of amides is 2. The molecule has 0 radical (unpaired) electrons.